The Morgan fingerprint density at radius 3 is 2.11 bits per heavy atom. The highest BCUT2D eigenvalue weighted by Crippen LogP contribution is 2.37. The maximum atomic E-state index is 10.7. The quantitative estimate of drug-likeness (QED) is 0.454. The third-order valence-electron chi connectivity index (χ3n) is 5.51. The van der Waals surface area contributed by atoms with E-state index >= 15 is 0 Å². The summed E-state index contributed by atoms with van der Waals surface area (Å²) in [5, 5.41) is 10.7. The van der Waals surface area contributed by atoms with Crippen LogP contribution in [0.3, 0.4) is 0 Å². The van der Waals surface area contributed by atoms with Crippen molar-refractivity contribution in [3.8, 4) is 0 Å². The number of hydrogen-bond donors (Lipinski definition) is 1. The molecule has 154 valence electrons. The van der Waals surface area contributed by atoms with Gasteiger partial charge >= 0.3 is 0 Å². The van der Waals surface area contributed by atoms with Gasteiger partial charge in [-0.15, -0.1) is 0 Å². The number of allylic oxidation sites excluding steroid dienone is 7. The Kier molecular flexibility index (Phi) is 10.5. The molecule has 3 unspecified atom stereocenters. The molecule has 0 amide bonds. The lowest BCUT2D eigenvalue weighted by atomic mass is 9.78. The molecule has 1 N–H and O–H groups in total. The van der Waals surface area contributed by atoms with Crippen LogP contribution in [0.25, 0.3) is 0 Å². The maximum absolute atomic E-state index is 10.7. The number of aliphatic hydroxyl groups excluding tert-OH is 1. The molecule has 0 bridgehead atoms. The molecular formula is C24H40O3. The van der Waals surface area contributed by atoms with Gasteiger partial charge < -0.3 is 14.6 Å². The second-order valence-corrected chi connectivity index (χ2v) is 8.18. The Labute approximate surface area is 166 Å². The van der Waals surface area contributed by atoms with Crippen LogP contribution < -0.4 is 0 Å². The van der Waals surface area contributed by atoms with Crippen LogP contribution in [0, 0.1) is 11.8 Å². The number of aliphatic hydroxyl groups is 1. The molecule has 1 rings (SSSR count). The van der Waals surface area contributed by atoms with Gasteiger partial charge in [0, 0.05) is 6.42 Å². The number of methoxy groups -OCH3 is 2. The minimum atomic E-state index is -0.588. The van der Waals surface area contributed by atoms with Gasteiger partial charge in [-0.25, -0.2) is 0 Å². The molecule has 27 heavy (non-hydrogen) atoms. The first-order valence-corrected chi connectivity index (χ1v) is 10.2. The summed E-state index contributed by atoms with van der Waals surface area (Å²) in [6.45, 7) is 10.9. The van der Waals surface area contributed by atoms with E-state index in [9.17, 15) is 5.11 Å². The molecule has 0 radical (unpaired) electrons. The van der Waals surface area contributed by atoms with E-state index in [4.69, 9.17) is 9.47 Å². The van der Waals surface area contributed by atoms with E-state index in [-0.39, 0.29) is 5.92 Å². The summed E-state index contributed by atoms with van der Waals surface area (Å²) in [6, 6.07) is 0. The van der Waals surface area contributed by atoms with Gasteiger partial charge in [-0.05, 0) is 71.6 Å². The maximum Gasteiger partial charge on any atom is 0.162 e. The molecule has 0 heterocycles. The molecule has 0 aromatic heterocycles. The van der Waals surface area contributed by atoms with Gasteiger partial charge in [0.2, 0.25) is 0 Å². The first kappa shape index (κ1) is 23.6. The van der Waals surface area contributed by atoms with Crippen molar-refractivity contribution < 1.29 is 14.6 Å². The molecule has 3 heteroatoms. The smallest absolute Gasteiger partial charge is 0.162 e. The summed E-state index contributed by atoms with van der Waals surface area (Å²) in [4.78, 5) is 0. The van der Waals surface area contributed by atoms with Gasteiger partial charge in [-0.3, -0.25) is 0 Å². The molecule has 0 fully saturated rings. The number of ether oxygens (including phenoxy) is 2. The summed E-state index contributed by atoms with van der Waals surface area (Å²) < 4.78 is 10.8. The topological polar surface area (TPSA) is 38.7 Å². The largest absolute Gasteiger partial charge is 0.497 e. The lowest BCUT2D eigenvalue weighted by Crippen LogP contribution is -2.34. The minimum absolute atomic E-state index is 0.176. The van der Waals surface area contributed by atoms with Gasteiger partial charge in [0.05, 0.1) is 14.2 Å². The molecule has 1 aliphatic rings. The highest BCUT2D eigenvalue weighted by Gasteiger charge is 2.36. The van der Waals surface area contributed by atoms with Gasteiger partial charge in [0.25, 0.3) is 0 Å². The number of hydrogen-bond acceptors (Lipinski definition) is 3. The van der Waals surface area contributed by atoms with Crippen LogP contribution in [-0.2, 0) is 9.47 Å². The van der Waals surface area contributed by atoms with E-state index in [1.165, 1.54) is 16.7 Å². The molecule has 0 aromatic rings. The van der Waals surface area contributed by atoms with Crippen LogP contribution in [0.1, 0.15) is 73.1 Å². The van der Waals surface area contributed by atoms with E-state index in [1.807, 2.05) is 0 Å². The lowest BCUT2D eigenvalue weighted by molar-refractivity contribution is 0.0226. The van der Waals surface area contributed by atoms with E-state index in [0.717, 1.165) is 44.3 Å². The van der Waals surface area contributed by atoms with Crippen molar-refractivity contribution in [2.24, 2.45) is 11.8 Å². The first-order chi connectivity index (χ1) is 12.8. The molecule has 3 nitrogen and oxygen atoms in total. The SMILES string of the molecule is COC1=C(OC)C(O)C(CC=C(C)CCC=C(C)CCC=C(C)C)C(C)C1. The summed E-state index contributed by atoms with van der Waals surface area (Å²) in [5.74, 6) is 1.93. The van der Waals surface area contributed by atoms with Gasteiger partial charge in [-0.2, -0.15) is 0 Å². The molecule has 0 saturated carbocycles. The second-order valence-electron chi connectivity index (χ2n) is 8.18. The van der Waals surface area contributed by atoms with E-state index in [1.54, 1.807) is 14.2 Å². The molecule has 0 saturated heterocycles. The molecule has 0 aromatic carbocycles. The van der Waals surface area contributed by atoms with Crippen LogP contribution in [0.5, 0.6) is 0 Å². The van der Waals surface area contributed by atoms with Gasteiger partial charge in [0.15, 0.2) is 5.76 Å². The summed E-state index contributed by atoms with van der Waals surface area (Å²) in [7, 11) is 3.26. The highest BCUT2D eigenvalue weighted by atomic mass is 16.5. The fraction of sp³-hybridized carbons (Fsp3) is 0.667. The average molecular weight is 377 g/mol. The third kappa shape index (κ3) is 7.96. The molecule has 1 aliphatic carbocycles. The normalized spacial score (nSPS) is 24.1. The summed E-state index contributed by atoms with van der Waals surface area (Å²) in [6.07, 6.45) is 12.5. The predicted molar refractivity (Wildman–Crippen MR) is 114 cm³/mol. The van der Waals surface area contributed by atoms with Crippen molar-refractivity contribution in [2.75, 3.05) is 14.2 Å². The standard InChI is InChI=1S/C24H40O3/c1-17(2)10-8-11-18(3)12-9-13-19(4)14-15-21-20(5)16-22(26-6)24(27-7)23(21)25/h10,12,14,20-21,23,25H,8-9,11,13,15-16H2,1-7H3. The summed E-state index contributed by atoms with van der Waals surface area (Å²) in [5.41, 5.74) is 4.26. The van der Waals surface area contributed by atoms with E-state index in [2.05, 4.69) is 52.8 Å². The lowest BCUT2D eigenvalue weighted by Gasteiger charge is -2.34. The van der Waals surface area contributed by atoms with Crippen LogP contribution in [0.4, 0.5) is 0 Å². The Balaban J connectivity index is 2.54. The van der Waals surface area contributed by atoms with Crippen LogP contribution in [-0.4, -0.2) is 25.4 Å². The fourth-order valence-electron chi connectivity index (χ4n) is 3.67. The van der Waals surface area contributed by atoms with Crippen LogP contribution in [0.15, 0.2) is 46.5 Å². The van der Waals surface area contributed by atoms with Crippen molar-refractivity contribution in [2.45, 2.75) is 79.2 Å². The molecule has 0 aliphatic heterocycles. The van der Waals surface area contributed by atoms with Gasteiger partial charge in [-0.1, -0.05) is 41.9 Å². The first-order valence-electron chi connectivity index (χ1n) is 10.2. The van der Waals surface area contributed by atoms with E-state index in [0.29, 0.717) is 11.7 Å². The van der Waals surface area contributed by atoms with Crippen molar-refractivity contribution in [1.82, 2.24) is 0 Å². The van der Waals surface area contributed by atoms with Crippen molar-refractivity contribution in [3.05, 3.63) is 46.5 Å². The molecule has 3 atom stereocenters. The van der Waals surface area contributed by atoms with E-state index < -0.39 is 6.10 Å². The van der Waals surface area contributed by atoms with Crippen LogP contribution in [0.2, 0.25) is 0 Å². The average Bonchev–Trinajstić information content (AvgIpc) is 2.60. The Morgan fingerprint density at radius 2 is 1.56 bits per heavy atom. The Hall–Kier alpha value is -1.48. The molecule has 0 spiro atoms. The zero-order chi connectivity index (χ0) is 20.4. The zero-order valence-corrected chi connectivity index (χ0v) is 18.5. The Morgan fingerprint density at radius 1 is 0.963 bits per heavy atom. The number of rotatable bonds is 10. The fourth-order valence-corrected chi connectivity index (χ4v) is 3.67. The van der Waals surface area contributed by atoms with Crippen molar-refractivity contribution in [3.63, 3.8) is 0 Å². The second kappa shape index (κ2) is 12.1. The summed E-state index contributed by atoms with van der Waals surface area (Å²) >= 11 is 0. The van der Waals surface area contributed by atoms with Crippen molar-refractivity contribution in [1.29, 1.82) is 0 Å². The highest BCUT2D eigenvalue weighted by molar-refractivity contribution is 5.15. The van der Waals surface area contributed by atoms with Gasteiger partial charge in [0.1, 0.15) is 11.9 Å². The minimum Gasteiger partial charge on any atom is -0.497 e. The molecular weight excluding hydrogens is 336 g/mol. The van der Waals surface area contributed by atoms with Crippen molar-refractivity contribution >= 4 is 0 Å². The monoisotopic (exact) mass is 376 g/mol. The third-order valence-corrected chi connectivity index (χ3v) is 5.51. The Bertz CT molecular complexity index is 576. The predicted octanol–water partition coefficient (Wildman–Crippen LogP) is 6.32. The van der Waals surface area contributed by atoms with Crippen LogP contribution >= 0.6 is 0 Å². The zero-order valence-electron chi connectivity index (χ0n) is 18.5.